The molecule has 0 N–H and O–H groups in total. The summed E-state index contributed by atoms with van der Waals surface area (Å²) in [6.07, 6.45) is 0.841. The molecule has 2 fully saturated rings. The molecule has 0 unspecified atom stereocenters. The van der Waals surface area contributed by atoms with Gasteiger partial charge in [-0.05, 0) is 29.8 Å². The van der Waals surface area contributed by atoms with Gasteiger partial charge in [0.15, 0.2) is 6.10 Å². The van der Waals surface area contributed by atoms with Crippen LogP contribution in [0.1, 0.15) is 17.3 Å². The predicted molar refractivity (Wildman–Crippen MR) is 106 cm³/mol. The second kappa shape index (κ2) is 7.14. The van der Waals surface area contributed by atoms with Crippen LogP contribution in [0, 0.1) is 5.92 Å². The van der Waals surface area contributed by atoms with E-state index in [0.29, 0.717) is 5.69 Å². The zero-order valence-electron chi connectivity index (χ0n) is 15.6. The molecule has 3 heterocycles. The number of carbonyl (C=O) groups is 2. The highest BCUT2D eigenvalue weighted by molar-refractivity contribution is 6.07. The number of benzene rings is 2. The summed E-state index contributed by atoms with van der Waals surface area (Å²) < 4.78 is 0. The lowest BCUT2D eigenvalue weighted by molar-refractivity contribution is -0.143. The molecule has 2 aliphatic heterocycles. The van der Waals surface area contributed by atoms with Crippen LogP contribution in [0.5, 0.6) is 0 Å². The summed E-state index contributed by atoms with van der Waals surface area (Å²) >= 11 is 0. The molecule has 1 aromatic heterocycles. The Hall–Kier alpha value is -3.51. The number of rotatable bonds is 4. The molecule has 0 radical (unpaired) electrons. The van der Waals surface area contributed by atoms with Crippen molar-refractivity contribution in [3.05, 3.63) is 96.3 Å². The Bertz CT molecular complexity index is 1030. The summed E-state index contributed by atoms with van der Waals surface area (Å²) in [5, 5.41) is 1.66. The first-order chi connectivity index (χ1) is 14.2. The van der Waals surface area contributed by atoms with Crippen LogP contribution in [0.3, 0.4) is 0 Å². The van der Waals surface area contributed by atoms with Crippen molar-refractivity contribution in [2.24, 2.45) is 5.92 Å². The number of nitrogens with zero attached hydrogens (tertiary/aromatic N) is 3. The summed E-state index contributed by atoms with van der Waals surface area (Å²) in [6.45, 7) is 0.245. The van der Waals surface area contributed by atoms with E-state index < -0.39 is 18.1 Å². The number of likely N-dealkylation sites (tertiary alicyclic amines) is 1. The molecule has 5 rings (SSSR count). The third-order valence-electron chi connectivity index (χ3n) is 5.39. The first-order valence-electron chi connectivity index (χ1n) is 9.55. The van der Waals surface area contributed by atoms with Crippen LogP contribution < -0.4 is 5.06 Å². The lowest BCUT2D eigenvalue weighted by atomic mass is 9.93. The first-order valence-corrected chi connectivity index (χ1v) is 9.55. The van der Waals surface area contributed by atoms with E-state index in [4.69, 9.17) is 4.84 Å². The number of hydrogen-bond acceptors (Lipinski definition) is 5. The van der Waals surface area contributed by atoms with Crippen molar-refractivity contribution in [1.29, 1.82) is 0 Å². The average Bonchev–Trinajstić information content (AvgIpc) is 3.28. The van der Waals surface area contributed by atoms with E-state index in [9.17, 15) is 9.59 Å². The highest BCUT2D eigenvalue weighted by atomic mass is 16.7. The number of amides is 2. The van der Waals surface area contributed by atoms with Gasteiger partial charge in [0, 0.05) is 6.20 Å². The summed E-state index contributed by atoms with van der Waals surface area (Å²) in [5.41, 5.74) is 2.39. The highest BCUT2D eigenvalue weighted by Gasteiger charge is 2.60. The number of aromatic nitrogens is 1. The number of para-hydroxylation sites is 1. The van der Waals surface area contributed by atoms with Crippen LogP contribution in [-0.2, 0) is 21.0 Å². The molecule has 144 valence electrons. The van der Waals surface area contributed by atoms with Gasteiger partial charge in [0.25, 0.3) is 5.91 Å². The fourth-order valence-electron chi connectivity index (χ4n) is 4.04. The second-order valence-electron chi connectivity index (χ2n) is 7.16. The summed E-state index contributed by atoms with van der Waals surface area (Å²) in [5.74, 6) is -1.16. The number of pyridine rings is 1. The van der Waals surface area contributed by atoms with Gasteiger partial charge in [0.1, 0.15) is 12.0 Å². The summed E-state index contributed by atoms with van der Waals surface area (Å²) in [4.78, 5) is 38.3. The maximum Gasteiger partial charge on any atom is 0.262 e. The number of hydrogen-bond donors (Lipinski definition) is 0. The van der Waals surface area contributed by atoms with E-state index >= 15 is 0 Å². The molecule has 0 aliphatic carbocycles. The molecule has 6 heteroatoms. The maximum absolute atomic E-state index is 13.3. The molecular weight excluding hydrogens is 366 g/mol. The second-order valence-corrected chi connectivity index (χ2v) is 7.16. The Labute approximate surface area is 168 Å². The first kappa shape index (κ1) is 17.6. The van der Waals surface area contributed by atoms with Crippen LogP contribution in [0.25, 0.3) is 0 Å². The summed E-state index contributed by atoms with van der Waals surface area (Å²) in [6, 6.07) is 24.1. The largest absolute Gasteiger partial charge is 0.275 e. The van der Waals surface area contributed by atoms with E-state index in [1.165, 1.54) is 4.90 Å². The smallest absolute Gasteiger partial charge is 0.262 e. The van der Waals surface area contributed by atoms with Crippen LogP contribution in [0.4, 0.5) is 5.69 Å². The molecule has 29 heavy (non-hydrogen) atoms. The number of imide groups is 1. The molecular formula is C23H19N3O3. The third kappa shape index (κ3) is 2.98. The van der Waals surface area contributed by atoms with Crippen LogP contribution in [0.15, 0.2) is 85.1 Å². The fourth-order valence-corrected chi connectivity index (χ4v) is 4.04. The van der Waals surface area contributed by atoms with Crippen LogP contribution in [-0.4, -0.2) is 27.8 Å². The van der Waals surface area contributed by atoms with E-state index in [0.717, 1.165) is 11.3 Å². The van der Waals surface area contributed by atoms with Crippen LogP contribution in [0.2, 0.25) is 0 Å². The van der Waals surface area contributed by atoms with Gasteiger partial charge < -0.3 is 0 Å². The molecule has 0 spiro atoms. The quantitative estimate of drug-likeness (QED) is 0.646. The van der Waals surface area contributed by atoms with E-state index in [1.807, 2.05) is 78.9 Å². The standard InChI is InChI=1S/C23H19N3O3/c27-22-19-20(18-13-7-8-14-24-18)26(17-11-5-2-6-12-17)29-21(19)23(28)25(22)15-16-9-3-1-4-10-16/h1-14,19-21H,15H2/t19-,20-,21-/m0/s1. The van der Waals surface area contributed by atoms with E-state index in [2.05, 4.69) is 4.98 Å². The molecule has 2 aromatic carbocycles. The number of hydroxylamine groups is 1. The molecule has 2 amide bonds. The Balaban J connectivity index is 1.52. The molecule has 0 saturated carbocycles. The van der Waals surface area contributed by atoms with E-state index in [1.54, 1.807) is 11.3 Å². The predicted octanol–water partition coefficient (Wildman–Crippen LogP) is 3.13. The minimum atomic E-state index is -0.849. The number of carbonyl (C=O) groups excluding carboxylic acids is 2. The zero-order chi connectivity index (χ0) is 19.8. The normalized spacial score (nSPS) is 23.5. The average molecular weight is 385 g/mol. The SMILES string of the molecule is O=C1[C@@H]2[C@H](ON(c3ccccc3)[C@H]2c2ccccn2)C(=O)N1Cc1ccccc1. The highest BCUT2D eigenvalue weighted by Crippen LogP contribution is 2.46. The van der Waals surface area contributed by atoms with Crippen molar-refractivity contribution in [2.45, 2.75) is 18.7 Å². The van der Waals surface area contributed by atoms with Gasteiger partial charge in [0.2, 0.25) is 5.91 Å². The van der Waals surface area contributed by atoms with Gasteiger partial charge in [-0.2, -0.15) is 0 Å². The van der Waals surface area contributed by atoms with Gasteiger partial charge in [-0.3, -0.25) is 24.3 Å². The minimum Gasteiger partial charge on any atom is -0.275 e. The van der Waals surface area contributed by atoms with Gasteiger partial charge in [-0.1, -0.05) is 54.6 Å². The van der Waals surface area contributed by atoms with Crippen molar-refractivity contribution in [1.82, 2.24) is 9.88 Å². The maximum atomic E-state index is 13.3. The lowest BCUT2D eigenvalue weighted by Gasteiger charge is -2.28. The van der Waals surface area contributed by atoms with Gasteiger partial charge in [-0.15, -0.1) is 0 Å². The van der Waals surface area contributed by atoms with Gasteiger partial charge in [0.05, 0.1) is 17.9 Å². The van der Waals surface area contributed by atoms with Gasteiger partial charge >= 0.3 is 0 Å². The van der Waals surface area contributed by atoms with Crippen molar-refractivity contribution in [3.8, 4) is 0 Å². The van der Waals surface area contributed by atoms with Gasteiger partial charge in [-0.25, -0.2) is 5.06 Å². The summed E-state index contributed by atoms with van der Waals surface area (Å²) in [7, 11) is 0. The van der Waals surface area contributed by atoms with Crippen molar-refractivity contribution >= 4 is 17.5 Å². The Kier molecular flexibility index (Phi) is 4.33. The molecule has 2 saturated heterocycles. The van der Waals surface area contributed by atoms with Crippen molar-refractivity contribution in [3.63, 3.8) is 0 Å². The molecule has 6 nitrogen and oxygen atoms in total. The third-order valence-corrected chi connectivity index (χ3v) is 5.39. The van der Waals surface area contributed by atoms with E-state index in [-0.39, 0.29) is 18.4 Å². The zero-order valence-corrected chi connectivity index (χ0v) is 15.6. The van der Waals surface area contributed by atoms with Crippen LogP contribution >= 0.6 is 0 Å². The van der Waals surface area contributed by atoms with Crippen molar-refractivity contribution < 1.29 is 14.4 Å². The minimum absolute atomic E-state index is 0.224. The number of anilines is 1. The Morgan fingerprint density at radius 1 is 0.828 bits per heavy atom. The topological polar surface area (TPSA) is 62.7 Å². The Morgan fingerprint density at radius 2 is 1.52 bits per heavy atom. The number of fused-ring (bicyclic) bond motifs is 1. The molecule has 0 bridgehead atoms. The molecule has 3 aromatic rings. The lowest BCUT2D eigenvalue weighted by Crippen LogP contribution is -2.37. The molecule has 3 atom stereocenters. The fraction of sp³-hybridized carbons (Fsp3) is 0.174. The molecule has 2 aliphatic rings. The Morgan fingerprint density at radius 3 is 2.21 bits per heavy atom. The van der Waals surface area contributed by atoms with Crippen molar-refractivity contribution in [2.75, 3.05) is 5.06 Å². The monoisotopic (exact) mass is 385 g/mol.